The van der Waals surface area contributed by atoms with E-state index in [0.717, 1.165) is 37.1 Å². The van der Waals surface area contributed by atoms with Crippen molar-refractivity contribution in [3.8, 4) is 5.75 Å². The van der Waals surface area contributed by atoms with Gasteiger partial charge >= 0.3 is 5.97 Å². The monoisotopic (exact) mass is 428 g/mol. The Kier molecular flexibility index (Phi) is 7.20. The number of methoxy groups -OCH3 is 1. The van der Waals surface area contributed by atoms with Crippen LogP contribution in [-0.4, -0.2) is 35.7 Å². The number of ether oxygens (including phenoxy) is 2. The lowest BCUT2D eigenvalue weighted by Gasteiger charge is -2.23. The summed E-state index contributed by atoms with van der Waals surface area (Å²) in [5.41, 5.74) is 3.70. The molecule has 0 atom stereocenters. The summed E-state index contributed by atoms with van der Waals surface area (Å²) in [6.07, 6.45) is 2.08. The molecule has 0 amide bonds. The molecular formula is C27H28N2O3. The van der Waals surface area contributed by atoms with Gasteiger partial charge in [-0.3, -0.25) is 4.90 Å². The molecule has 32 heavy (non-hydrogen) atoms. The molecule has 0 aliphatic carbocycles. The lowest BCUT2D eigenvalue weighted by atomic mass is 10.1. The molecule has 1 heterocycles. The van der Waals surface area contributed by atoms with Crippen LogP contribution in [0, 0.1) is 0 Å². The molecule has 5 nitrogen and oxygen atoms in total. The molecule has 0 spiro atoms. The van der Waals surface area contributed by atoms with Gasteiger partial charge in [-0.2, -0.15) is 0 Å². The van der Waals surface area contributed by atoms with Crippen LogP contribution in [0.5, 0.6) is 5.75 Å². The van der Waals surface area contributed by atoms with Crippen molar-refractivity contribution in [1.29, 1.82) is 0 Å². The van der Waals surface area contributed by atoms with E-state index in [0.29, 0.717) is 5.75 Å². The van der Waals surface area contributed by atoms with Crippen LogP contribution in [0.2, 0.25) is 0 Å². The number of carbonyl (C=O) groups excluding carboxylic acids is 1. The topological polar surface area (TPSA) is 43.7 Å². The van der Waals surface area contributed by atoms with E-state index in [1.54, 1.807) is 0 Å². The second kappa shape index (κ2) is 10.6. The molecule has 0 fully saturated rings. The number of benzene rings is 3. The maximum absolute atomic E-state index is 11.4. The van der Waals surface area contributed by atoms with Crippen molar-refractivity contribution >= 4 is 16.9 Å². The lowest BCUT2D eigenvalue weighted by Crippen LogP contribution is -2.26. The van der Waals surface area contributed by atoms with E-state index in [-0.39, 0.29) is 12.6 Å². The first-order valence-electron chi connectivity index (χ1n) is 10.8. The Morgan fingerprint density at radius 2 is 1.50 bits per heavy atom. The van der Waals surface area contributed by atoms with Crippen molar-refractivity contribution in [2.75, 3.05) is 20.3 Å². The van der Waals surface area contributed by atoms with Gasteiger partial charge in [0.1, 0.15) is 5.75 Å². The third kappa shape index (κ3) is 5.56. The largest absolute Gasteiger partial charge is 0.481 e. The summed E-state index contributed by atoms with van der Waals surface area (Å²) < 4.78 is 12.6. The SMILES string of the molecule is COC(=O)COc1cccc2c1ccn2CCN(Cc1ccccc1)Cc1ccccc1. The van der Waals surface area contributed by atoms with Crippen molar-refractivity contribution in [2.24, 2.45) is 0 Å². The van der Waals surface area contributed by atoms with Crippen LogP contribution in [0.25, 0.3) is 10.9 Å². The zero-order valence-corrected chi connectivity index (χ0v) is 18.3. The number of fused-ring (bicyclic) bond motifs is 1. The van der Waals surface area contributed by atoms with E-state index < -0.39 is 0 Å². The minimum Gasteiger partial charge on any atom is -0.481 e. The van der Waals surface area contributed by atoms with Gasteiger partial charge < -0.3 is 14.0 Å². The van der Waals surface area contributed by atoms with Gasteiger partial charge in [0.15, 0.2) is 6.61 Å². The Balaban J connectivity index is 1.49. The van der Waals surface area contributed by atoms with E-state index in [1.165, 1.54) is 18.2 Å². The van der Waals surface area contributed by atoms with Crippen molar-refractivity contribution < 1.29 is 14.3 Å². The molecular weight excluding hydrogens is 400 g/mol. The summed E-state index contributed by atoms with van der Waals surface area (Å²) in [6, 6.07) is 29.1. The molecule has 5 heteroatoms. The van der Waals surface area contributed by atoms with Crippen LogP contribution < -0.4 is 4.74 Å². The molecule has 0 aliphatic heterocycles. The number of rotatable bonds is 10. The average Bonchev–Trinajstić information content (AvgIpc) is 3.26. The second-order valence-electron chi connectivity index (χ2n) is 7.74. The van der Waals surface area contributed by atoms with E-state index in [9.17, 15) is 4.79 Å². The standard InChI is InChI=1S/C27H28N2O3/c1-31-27(30)21-32-26-14-8-13-25-24(26)15-16-29(25)18-17-28(19-22-9-4-2-5-10-22)20-23-11-6-3-7-12-23/h2-16H,17-21H2,1H3. The van der Waals surface area contributed by atoms with Gasteiger partial charge in [0.2, 0.25) is 0 Å². The summed E-state index contributed by atoms with van der Waals surface area (Å²) in [5.74, 6) is 0.302. The van der Waals surface area contributed by atoms with E-state index in [2.05, 4.69) is 87.1 Å². The Morgan fingerprint density at radius 1 is 0.844 bits per heavy atom. The van der Waals surface area contributed by atoms with E-state index >= 15 is 0 Å². The molecule has 1 aromatic heterocycles. The van der Waals surface area contributed by atoms with Gasteiger partial charge in [0, 0.05) is 37.8 Å². The molecule has 164 valence electrons. The van der Waals surface area contributed by atoms with Crippen LogP contribution in [0.4, 0.5) is 0 Å². The summed E-state index contributed by atoms with van der Waals surface area (Å²) >= 11 is 0. The fourth-order valence-electron chi connectivity index (χ4n) is 3.86. The number of hydrogen-bond acceptors (Lipinski definition) is 4. The second-order valence-corrected chi connectivity index (χ2v) is 7.74. The third-order valence-electron chi connectivity index (χ3n) is 5.50. The molecule has 3 aromatic carbocycles. The van der Waals surface area contributed by atoms with Crippen LogP contribution in [0.1, 0.15) is 11.1 Å². The lowest BCUT2D eigenvalue weighted by molar-refractivity contribution is -0.142. The van der Waals surface area contributed by atoms with Crippen LogP contribution in [0.15, 0.2) is 91.1 Å². The van der Waals surface area contributed by atoms with Gasteiger partial charge in [-0.25, -0.2) is 4.79 Å². The molecule has 0 bridgehead atoms. The fourth-order valence-corrected chi connectivity index (χ4v) is 3.86. The molecule has 0 unspecified atom stereocenters. The maximum Gasteiger partial charge on any atom is 0.343 e. The third-order valence-corrected chi connectivity index (χ3v) is 5.50. The first kappa shape index (κ1) is 21.7. The quantitative estimate of drug-likeness (QED) is 0.337. The molecule has 0 aliphatic rings. The van der Waals surface area contributed by atoms with Crippen LogP contribution in [-0.2, 0) is 29.2 Å². The molecule has 4 rings (SSSR count). The van der Waals surface area contributed by atoms with E-state index in [4.69, 9.17) is 4.74 Å². The van der Waals surface area contributed by atoms with Gasteiger partial charge in [0.05, 0.1) is 12.6 Å². The Bertz CT molecular complexity index is 1100. The molecule has 4 aromatic rings. The number of esters is 1. The number of aromatic nitrogens is 1. The van der Waals surface area contributed by atoms with Crippen molar-refractivity contribution in [2.45, 2.75) is 19.6 Å². The first-order chi connectivity index (χ1) is 15.7. The van der Waals surface area contributed by atoms with Gasteiger partial charge in [-0.15, -0.1) is 0 Å². The highest BCUT2D eigenvalue weighted by molar-refractivity contribution is 5.86. The van der Waals surface area contributed by atoms with Gasteiger partial charge in [-0.1, -0.05) is 66.7 Å². The van der Waals surface area contributed by atoms with Crippen molar-refractivity contribution in [3.63, 3.8) is 0 Å². The Morgan fingerprint density at radius 3 is 2.12 bits per heavy atom. The average molecular weight is 429 g/mol. The fraction of sp³-hybridized carbons (Fsp3) is 0.222. The summed E-state index contributed by atoms with van der Waals surface area (Å²) in [5, 5.41) is 0.995. The van der Waals surface area contributed by atoms with Crippen molar-refractivity contribution in [3.05, 3.63) is 102 Å². The predicted octanol–water partition coefficient (Wildman–Crippen LogP) is 4.90. The number of nitrogens with zero attached hydrogens (tertiary/aromatic N) is 2. The van der Waals surface area contributed by atoms with Crippen molar-refractivity contribution in [1.82, 2.24) is 9.47 Å². The molecule has 0 radical (unpaired) electrons. The maximum atomic E-state index is 11.4. The van der Waals surface area contributed by atoms with E-state index in [1.807, 2.05) is 18.2 Å². The first-order valence-corrected chi connectivity index (χ1v) is 10.8. The smallest absolute Gasteiger partial charge is 0.343 e. The highest BCUT2D eigenvalue weighted by atomic mass is 16.6. The Labute approximate surface area is 188 Å². The Hall–Kier alpha value is -3.57. The minimum absolute atomic E-state index is 0.0945. The van der Waals surface area contributed by atoms with Gasteiger partial charge in [0.25, 0.3) is 0 Å². The predicted molar refractivity (Wildman–Crippen MR) is 126 cm³/mol. The molecule has 0 saturated carbocycles. The summed E-state index contributed by atoms with van der Waals surface area (Å²) in [7, 11) is 1.36. The number of hydrogen-bond donors (Lipinski definition) is 0. The molecule has 0 saturated heterocycles. The van der Waals surface area contributed by atoms with Crippen LogP contribution in [0.3, 0.4) is 0 Å². The highest BCUT2D eigenvalue weighted by Gasteiger charge is 2.11. The zero-order chi connectivity index (χ0) is 22.2. The van der Waals surface area contributed by atoms with Crippen LogP contribution >= 0.6 is 0 Å². The summed E-state index contributed by atoms with van der Waals surface area (Å²) in [6.45, 7) is 3.44. The zero-order valence-electron chi connectivity index (χ0n) is 18.3. The van der Waals surface area contributed by atoms with Gasteiger partial charge in [-0.05, 0) is 29.3 Å². The molecule has 0 N–H and O–H groups in total. The minimum atomic E-state index is -0.390. The highest BCUT2D eigenvalue weighted by Crippen LogP contribution is 2.27. The summed E-state index contributed by atoms with van der Waals surface area (Å²) in [4.78, 5) is 13.9. The normalized spacial score (nSPS) is 11.1. The number of carbonyl (C=O) groups is 1.